The van der Waals surface area contributed by atoms with Crippen LogP contribution in [0.15, 0.2) is 33.5 Å². The number of fused-ring (bicyclic) bond motifs is 1. The summed E-state index contributed by atoms with van der Waals surface area (Å²) < 4.78 is 5.47. The highest BCUT2D eigenvalue weighted by molar-refractivity contribution is 5.97. The highest BCUT2D eigenvalue weighted by Gasteiger charge is 2.24. The maximum Gasteiger partial charge on any atom is 0.349 e. The zero-order valence-corrected chi connectivity index (χ0v) is 15.9. The van der Waals surface area contributed by atoms with Crippen molar-refractivity contribution >= 4 is 22.6 Å². The van der Waals surface area contributed by atoms with Gasteiger partial charge in [-0.3, -0.25) is 4.79 Å². The van der Waals surface area contributed by atoms with Crippen LogP contribution in [0.2, 0.25) is 0 Å². The SMILES string of the molecule is CCN(CC)c1ccc2cc(C(=O)N[C@H]3CCCC[C@@H]3C)c(=O)oc2c1. The number of carbonyl (C=O) groups is 1. The quantitative estimate of drug-likeness (QED) is 0.824. The third-order valence-corrected chi connectivity index (χ3v) is 5.52. The van der Waals surface area contributed by atoms with Crippen molar-refractivity contribution in [2.24, 2.45) is 5.92 Å². The molecule has 0 unspecified atom stereocenters. The Hall–Kier alpha value is -2.30. The molecule has 5 nitrogen and oxygen atoms in total. The van der Waals surface area contributed by atoms with Gasteiger partial charge in [0, 0.05) is 36.3 Å². The molecule has 0 spiro atoms. The van der Waals surface area contributed by atoms with Crippen LogP contribution in [0.3, 0.4) is 0 Å². The molecule has 2 atom stereocenters. The van der Waals surface area contributed by atoms with E-state index in [0.29, 0.717) is 11.5 Å². The molecule has 0 bridgehead atoms. The third kappa shape index (κ3) is 3.76. The lowest BCUT2D eigenvalue weighted by molar-refractivity contribution is 0.0906. The predicted octanol–water partition coefficient (Wildman–Crippen LogP) is 3.95. The minimum Gasteiger partial charge on any atom is -0.422 e. The van der Waals surface area contributed by atoms with Gasteiger partial charge >= 0.3 is 5.63 Å². The zero-order chi connectivity index (χ0) is 18.7. The second kappa shape index (κ2) is 7.94. The lowest BCUT2D eigenvalue weighted by Gasteiger charge is -2.29. The average Bonchev–Trinajstić information content (AvgIpc) is 2.64. The van der Waals surface area contributed by atoms with E-state index in [4.69, 9.17) is 4.42 Å². The molecule has 1 heterocycles. The molecule has 26 heavy (non-hydrogen) atoms. The lowest BCUT2D eigenvalue weighted by atomic mass is 9.86. The molecule has 1 aromatic heterocycles. The molecule has 1 fully saturated rings. The predicted molar refractivity (Wildman–Crippen MR) is 105 cm³/mol. The first-order valence-corrected chi connectivity index (χ1v) is 9.67. The summed E-state index contributed by atoms with van der Waals surface area (Å²) >= 11 is 0. The number of rotatable bonds is 5. The number of nitrogens with one attached hydrogen (secondary N) is 1. The van der Waals surface area contributed by atoms with Crippen LogP contribution < -0.4 is 15.8 Å². The van der Waals surface area contributed by atoms with Gasteiger partial charge in [0.15, 0.2) is 0 Å². The smallest absolute Gasteiger partial charge is 0.349 e. The summed E-state index contributed by atoms with van der Waals surface area (Å²) in [6.45, 7) is 8.09. The fourth-order valence-electron chi connectivity index (χ4n) is 3.82. The zero-order valence-electron chi connectivity index (χ0n) is 15.9. The van der Waals surface area contributed by atoms with Crippen molar-refractivity contribution in [1.29, 1.82) is 0 Å². The number of amides is 1. The van der Waals surface area contributed by atoms with E-state index in [9.17, 15) is 9.59 Å². The summed E-state index contributed by atoms with van der Waals surface area (Å²) in [4.78, 5) is 27.2. The minimum absolute atomic E-state index is 0.0888. The molecule has 5 heteroatoms. The monoisotopic (exact) mass is 356 g/mol. The van der Waals surface area contributed by atoms with Crippen LogP contribution in [0.4, 0.5) is 5.69 Å². The Labute approximate surface area is 154 Å². The topological polar surface area (TPSA) is 62.6 Å². The molecule has 1 aromatic carbocycles. The van der Waals surface area contributed by atoms with Crippen molar-refractivity contribution in [3.8, 4) is 0 Å². The molecule has 1 aliphatic rings. The second-order valence-electron chi connectivity index (χ2n) is 7.18. The molecular weight excluding hydrogens is 328 g/mol. The largest absolute Gasteiger partial charge is 0.422 e. The normalized spacial score (nSPS) is 20.1. The molecule has 1 saturated carbocycles. The van der Waals surface area contributed by atoms with Crippen LogP contribution in [-0.4, -0.2) is 25.0 Å². The Morgan fingerprint density at radius 2 is 1.92 bits per heavy atom. The van der Waals surface area contributed by atoms with Crippen LogP contribution in [-0.2, 0) is 0 Å². The molecule has 140 valence electrons. The third-order valence-electron chi connectivity index (χ3n) is 5.52. The summed E-state index contributed by atoms with van der Waals surface area (Å²) in [7, 11) is 0. The molecule has 1 amide bonds. The second-order valence-corrected chi connectivity index (χ2v) is 7.18. The minimum atomic E-state index is -0.574. The fraction of sp³-hybridized carbons (Fsp3) is 0.524. The molecule has 0 radical (unpaired) electrons. The van der Waals surface area contributed by atoms with Crippen molar-refractivity contribution in [1.82, 2.24) is 5.32 Å². The van der Waals surface area contributed by atoms with Crippen molar-refractivity contribution in [2.45, 2.75) is 52.5 Å². The van der Waals surface area contributed by atoms with Gasteiger partial charge in [-0.25, -0.2) is 4.79 Å². The number of carbonyl (C=O) groups excluding carboxylic acids is 1. The lowest BCUT2D eigenvalue weighted by Crippen LogP contribution is -2.42. The average molecular weight is 356 g/mol. The fourth-order valence-corrected chi connectivity index (χ4v) is 3.82. The van der Waals surface area contributed by atoms with Gasteiger partial charge in [0.05, 0.1) is 0 Å². The first kappa shape index (κ1) is 18.5. The van der Waals surface area contributed by atoms with E-state index in [-0.39, 0.29) is 17.5 Å². The molecule has 1 aliphatic carbocycles. The number of nitrogens with zero attached hydrogens (tertiary/aromatic N) is 1. The number of benzene rings is 1. The van der Waals surface area contributed by atoms with Crippen molar-refractivity contribution < 1.29 is 9.21 Å². The van der Waals surface area contributed by atoms with E-state index < -0.39 is 5.63 Å². The van der Waals surface area contributed by atoms with Gasteiger partial charge in [-0.15, -0.1) is 0 Å². The van der Waals surface area contributed by atoms with E-state index in [1.165, 1.54) is 6.42 Å². The first-order chi connectivity index (χ1) is 12.5. The maximum atomic E-state index is 12.6. The molecule has 3 rings (SSSR count). The van der Waals surface area contributed by atoms with Gasteiger partial charge in [0.25, 0.3) is 5.91 Å². The van der Waals surface area contributed by atoms with Gasteiger partial charge in [-0.1, -0.05) is 19.8 Å². The summed E-state index contributed by atoms with van der Waals surface area (Å²) in [5.74, 6) is 0.115. The Morgan fingerprint density at radius 1 is 1.19 bits per heavy atom. The highest BCUT2D eigenvalue weighted by Crippen LogP contribution is 2.25. The Bertz CT molecular complexity index is 839. The van der Waals surface area contributed by atoms with E-state index in [1.54, 1.807) is 6.07 Å². The van der Waals surface area contributed by atoms with Crippen LogP contribution in [0, 0.1) is 5.92 Å². The van der Waals surface area contributed by atoms with E-state index in [0.717, 1.165) is 43.4 Å². The Balaban J connectivity index is 1.87. The number of hydrogen-bond donors (Lipinski definition) is 1. The van der Waals surface area contributed by atoms with Gasteiger partial charge < -0.3 is 14.6 Å². The number of anilines is 1. The highest BCUT2D eigenvalue weighted by atomic mass is 16.4. The summed E-state index contributed by atoms with van der Waals surface area (Å²) in [5, 5.41) is 3.80. The first-order valence-electron chi connectivity index (χ1n) is 9.67. The van der Waals surface area contributed by atoms with Crippen LogP contribution in [0.25, 0.3) is 11.0 Å². The molecule has 1 N–H and O–H groups in total. The van der Waals surface area contributed by atoms with Crippen LogP contribution >= 0.6 is 0 Å². The summed E-state index contributed by atoms with van der Waals surface area (Å²) in [6, 6.07) is 7.56. The van der Waals surface area contributed by atoms with Gasteiger partial charge in [0.2, 0.25) is 0 Å². The molecular formula is C21H28N2O3. The number of hydrogen-bond acceptors (Lipinski definition) is 4. The molecule has 0 saturated heterocycles. The van der Waals surface area contributed by atoms with E-state index in [1.807, 2.05) is 18.2 Å². The van der Waals surface area contributed by atoms with Crippen molar-refractivity contribution in [2.75, 3.05) is 18.0 Å². The Kier molecular flexibility index (Phi) is 5.64. The van der Waals surface area contributed by atoms with Crippen molar-refractivity contribution in [3.05, 3.63) is 40.2 Å². The Morgan fingerprint density at radius 3 is 2.62 bits per heavy atom. The van der Waals surface area contributed by atoms with Crippen LogP contribution in [0.1, 0.15) is 56.8 Å². The van der Waals surface area contributed by atoms with Gasteiger partial charge in [-0.05, 0) is 50.8 Å². The maximum absolute atomic E-state index is 12.6. The van der Waals surface area contributed by atoms with E-state index >= 15 is 0 Å². The molecule has 2 aromatic rings. The summed E-state index contributed by atoms with van der Waals surface area (Å²) in [5.41, 5.74) is 1.04. The summed E-state index contributed by atoms with van der Waals surface area (Å²) in [6.07, 6.45) is 4.42. The molecule has 0 aliphatic heterocycles. The standard InChI is InChI=1S/C21H28N2O3/c1-4-23(5-2)16-11-10-15-12-17(21(25)26-19(15)13-16)20(24)22-18-9-7-6-8-14(18)3/h10-14,18H,4-9H2,1-3H3,(H,22,24)/t14-,18-/m0/s1. The van der Waals surface area contributed by atoms with Gasteiger partial charge in [0.1, 0.15) is 11.1 Å². The van der Waals surface area contributed by atoms with E-state index in [2.05, 4.69) is 31.0 Å². The van der Waals surface area contributed by atoms with Crippen molar-refractivity contribution in [3.63, 3.8) is 0 Å². The van der Waals surface area contributed by atoms with Gasteiger partial charge in [-0.2, -0.15) is 0 Å². The van der Waals surface area contributed by atoms with Crippen LogP contribution in [0.5, 0.6) is 0 Å².